The normalized spacial score (nSPS) is 56.2. The Labute approximate surface area is 74.7 Å². The summed E-state index contributed by atoms with van der Waals surface area (Å²) in [7, 11) is 0. The minimum atomic E-state index is 0.642. The van der Waals surface area contributed by atoms with E-state index in [1.165, 1.54) is 38.5 Å². The van der Waals surface area contributed by atoms with Gasteiger partial charge in [-0.2, -0.15) is 0 Å². The molecule has 0 saturated heterocycles. The molecule has 0 aromatic heterocycles. The van der Waals surface area contributed by atoms with Gasteiger partial charge < -0.3 is 5.73 Å². The summed E-state index contributed by atoms with van der Waals surface area (Å²) in [6.07, 6.45) is 8.97. The summed E-state index contributed by atoms with van der Waals surface area (Å²) in [4.78, 5) is 0. The maximum atomic E-state index is 6.00. The Kier molecular flexibility index (Phi) is 1.39. The number of rotatable bonds is 1. The third-order valence-electron chi connectivity index (χ3n) is 5.13. The summed E-state index contributed by atoms with van der Waals surface area (Å²) in [6, 6.07) is 0. The van der Waals surface area contributed by atoms with Gasteiger partial charge in [0, 0.05) is 0 Å². The Morgan fingerprint density at radius 3 is 2.92 bits per heavy atom. The van der Waals surface area contributed by atoms with Gasteiger partial charge in [0.2, 0.25) is 0 Å². The molecule has 3 fully saturated rings. The molecule has 0 aromatic rings. The van der Waals surface area contributed by atoms with Crippen molar-refractivity contribution >= 4 is 0 Å². The van der Waals surface area contributed by atoms with Crippen molar-refractivity contribution in [2.45, 2.75) is 38.5 Å². The van der Waals surface area contributed by atoms with Crippen LogP contribution in [0.2, 0.25) is 0 Å². The molecule has 12 heavy (non-hydrogen) atoms. The number of hydrogen-bond acceptors (Lipinski definition) is 1. The van der Waals surface area contributed by atoms with E-state index in [0.29, 0.717) is 5.41 Å². The molecule has 3 saturated carbocycles. The zero-order chi connectivity index (χ0) is 8.18. The van der Waals surface area contributed by atoms with Crippen molar-refractivity contribution in [2.24, 2.45) is 28.9 Å². The standard InChI is InChI=1S/C11H19N/c12-7-11-5-1-2-10(11)8-3-4-9(11)6-8/h8-10H,1-7,12H2/t8-,9+,10-,11-/m1/s1. The molecular weight excluding hydrogens is 146 g/mol. The van der Waals surface area contributed by atoms with Crippen molar-refractivity contribution in [2.75, 3.05) is 6.54 Å². The smallest absolute Gasteiger partial charge is 0.00151 e. The van der Waals surface area contributed by atoms with Crippen LogP contribution in [0.15, 0.2) is 0 Å². The van der Waals surface area contributed by atoms with Gasteiger partial charge in [-0.25, -0.2) is 0 Å². The molecule has 3 aliphatic rings. The van der Waals surface area contributed by atoms with Crippen LogP contribution in [0.3, 0.4) is 0 Å². The van der Waals surface area contributed by atoms with Crippen LogP contribution >= 0.6 is 0 Å². The summed E-state index contributed by atoms with van der Waals surface area (Å²) in [6.45, 7) is 0.985. The van der Waals surface area contributed by atoms with Crippen molar-refractivity contribution in [1.82, 2.24) is 0 Å². The maximum absolute atomic E-state index is 6.00. The van der Waals surface area contributed by atoms with Crippen molar-refractivity contribution in [3.63, 3.8) is 0 Å². The molecule has 3 rings (SSSR count). The van der Waals surface area contributed by atoms with Gasteiger partial charge in [-0.05, 0) is 61.8 Å². The summed E-state index contributed by atoms with van der Waals surface area (Å²) in [5.74, 6) is 3.15. The molecule has 4 atom stereocenters. The Balaban J connectivity index is 1.98. The quantitative estimate of drug-likeness (QED) is 0.633. The summed E-state index contributed by atoms with van der Waals surface area (Å²) in [5, 5.41) is 0. The first-order chi connectivity index (χ1) is 5.87. The van der Waals surface area contributed by atoms with Crippen molar-refractivity contribution in [1.29, 1.82) is 0 Å². The highest BCUT2D eigenvalue weighted by molar-refractivity contribution is 5.09. The van der Waals surface area contributed by atoms with Crippen LogP contribution in [-0.4, -0.2) is 6.54 Å². The SMILES string of the molecule is NC[C@@]12CCC[C@@H]1[C@@H]1CC[C@H]2C1. The average Bonchev–Trinajstić information content (AvgIpc) is 2.76. The molecular formula is C11H19N. The largest absolute Gasteiger partial charge is 0.330 e. The van der Waals surface area contributed by atoms with Crippen molar-refractivity contribution < 1.29 is 0 Å². The Morgan fingerprint density at radius 2 is 2.17 bits per heavy atom. The molecule has 2 N–H and O–H groups in total. The van der Waals surface area contributed by atoms with Crippen LogP contribution in [0, 0.1) is 23.2 Å². The van der Waals surface area contributed by atoms with E-state index in [9.17, 15) is 0 Å². The van der Waals surface area contributed by atoms with Crippen molar-refractivity contribution in [3.05, 3.63) is 0 Å². The molecule has 1 nitrogen and oxygen atoms in total. The van der Waals surface area contributed by atoms with E-state index >= 15 is 0 Å². The first-order valence-corrected chi connectivity index (χ1v) is 5.57. The third-order valence-corrected chi connectivity index (χ3v) is 5.13. The lowest BCUT2D eigenvalue weighted by atomic mass is 9.68. The van der Waals surface area contributed by atoms with E-state index in [2.05, 4.69) is 0 Å². The van der Waals surface area contributed by atoms with E-state index in [1.54, 1.807) is 0 Å². The van der Waals surface area contributed by atoms with Gasteiger partial charge in [0.15, 0.2) is 0 Å². The van der Waals surface area contributed by atoms with Gasteiger partial charge in [-0.15, -0.1) is 0 Å². The molecule has 0 heterocycles. The lowest BCUT2D eigenvalue weighted by Gasteiger charge is -2.38. The van der Waals surface area contributed by atoms with Crippen LogP contribution < -0.4 is 5.73 Å². The van der Waals surface area contributed by atoms with Crippen molar-refractivity contribution in [3.8, 4) is 0 Å². The highest BCUT2D eigenvalue weighted by Gasteiger charge is 2.58. The zero-order valence-electron chi connectivity index (χ0n) is 7.76. The molecule has 68 valence electrons. The molecule has 0 aliphatic heterocycles. The fourth-order valence-electron chi connectivity index (χ4n) is 4.66. The van der Waals surface area contributed by atoms with Gasteiger partial charge in [0.1, 0.15) is 0 Å². The maximum Gasteiger partial charge on any atom is -0.00151 e. The van der Waals surface area contributed by atoms with Crippen LogP contribution in [0.1, 0.15) is 38.5 Å². The Bertz CT molecular complexity index is 201. The van der Waals surface area contributed by atoms with E-state index in [1.807, 2.05) is 0 Å². The second kappa shape index (κ2) is 2.25. The summed E-state index contributed by atoms with van der Waals surface area (Å²) >= 11 is 0. The predicted octanol–water partition coefficient (Wildman–Crippen LogP) is 2.16. The van der Waals surface area contributed by atoms with Gasteiger partial charge in [-0.1, -0.05) is 6.42 Å². The molecule has 0 amide bonds. The zero-order valence-corrected chi connectivity index (χ0v) is 7.76. The van der Waals surface area contributed by atoms with E-state index in [4.69, 9.17) is 5.73 Å². The second-order valence-corrected chi connectivity index (χ2v) is 5.21. The van der Waals surface area contributed by atoms with Gasteiger partial charge in [-0.3, -0.25) is 0 Å². The van der Waals surface area contributed by atoms with E-state index in [0.717, 1.165) is 24.3 Å². The molecule has 0 radical (unpaired) electrons. The first kappa shape index (κ1) is 7.37. The van der Waals surface area contributed by atoms with E-state index < -0.39 is 0 Å². The lowest BCUT2D eigenvalue weighted by Crippen LogP contribution is -2.39. The fourth-order valence-corrected chi connectivity index (χ4v) is 4.66. The molecule has 1 heteroatoms. The minimum absolute atomic E-state index is 0.642. The number of nitrogens with two attached hydrogens (primary N) is 1. The molecule has 0 aromatic carbocycles. The minimum Gasteiger partial charge on any atom is -0.330 e. The Morgan fingerprint density at radius 1 is 1.25 bits per heavy atom. The lowest BCUT2D eigenvalue weighted by molar-refractivity contribution is 0.121. The van der Waals surface area contributed by atoms with Gasteiger partial charge >= 0.3 is 0 Å². The summed E-state index contributed by atoms with van der Waals surface area (Å²) < 4.78 is 0. The topological polar surface area (TPSA) is 26.0 Å². The Hall–Kier alpha value is -0.0400. The van der Waals surface area contributed by atoms with Gasteiger partial charge in [0.05, 0.1) is 0 Å². The fraction of sp³-hybridized carbons (Fsp3) is 1.00. The monoisotopic (exact) mass is 165 g/mol. The first-order valence-electron chi connectivity index (χ1n) is 5.57. The highest BCUT2D eigenvalue weighted by Crippen LogP contribution is 2.65. The van der Waals surface area contributed by atoms with Crippen LogP contribution in [0.4, 0.5) is 0 Å². The number of hydrogen-bond donors (Lipinski definition) is 1. The average molecular weight is 165 g/mol. The highest BCUT2D eigenvalue weighted by atomic mass is 14.7. The van der Waals surface area contributed by atoms with Crippen LogP contribution in [0.25, 0.3) is 0 Å². The van der Waals surface area contributed by atoms with E-state index in [-0.39, 0.29) is 0 Å². The second-order valence-electron chi connectivity index (χ2n) is 5.21. The molecule has 2 bridgehead atoms. The molecule has 0 unspecified atom stereocenters. The predicted molar refractivity (Wildman–Crippen MR) is 49.7 cm³/mol. The van der Waals surface area contributed by atoms with Crippen LogP contribution in [-0.2, 0) is 0 Å². The van der Waals surface area contributed by atoms with Crippen LogP contribution in [0.5, 0.6) is 0 Å². The molecule has 0 spiro atoms. The molecule has 3 aliphatic carbocycles. The third kappa shape index (κ3) is 0.654. The number of fused-ring (bicyclic) bond motifs is 5. The summed E-state index contributed by atoms with van der Waals surface area (Å²) in [5.41, 5.74) is 6.64. The van der Waals surface area contributed by atoms with Gasteiger partial charge in [0.25, 0.3) is 0 Å².